The van der Waals surface area contributed by atoms with Crippen molar-refractivity contribution < 1.29 is 18.7 Å². The lowest BCUT2D eigenvalue weighted by Crippen LogP contribution is -2.50. The highest BCUT2D eigenvalue weighted by Gasteiger charge is 2.28. The highest BCUT2D eigenvalue weighted by atomic mass is 35.5. The Hall–Kier alpha value is -4.21. The van der Waals surface area contributed by atoms with Gasteiger partial charge in [-0.1, -0.05) is 41.9 Å². The predicted octanol–water partition coefficient (Wildman–Crippen LogP) is 5.95. The van der Waals surface area contributed by atoms with Crippen LogP contribution in [0.2, 0.25) is 5.02 Å². The number of hydrogen-bond donors (Lipinski definition) is 1. The molecule has 8 nitrogen and oxygen atoms in total. The van der Waals surface area contributed by atoms with Crippen LogP contribution in [-0.4, -0.2) is 39.5 Å². The Kier molecular flexibility index (Phi) is 7.95. The molecule has 0 spiro atoms. The minimum absolute atomic E-state index is 0.0736. The Morgan fingerprint density at radius 3 is 2.62 bits per heavy atom. The number of carbonyl (C=O) groups is 2. The van der Waals surface area contributed by atoms with Crippen molar-refractivity contribution in [3.05, 3.63) is 100.0 Å². The molecule has 0 radical (unpaired) electrons. The van der Waals surface area contributed by atoms with Gasteiger partial charge in [0.1, 0.15) is 29.8 Å². The SMILES string of the molecule is CCn1c(N2CCC(=O)NC2=O)cnc1-c1ccc2c(c1)CCN(Cc1ccc(OCc3c(F)cccc3Cl)cc1)C2. The number of amides is 3. The van der Waals surface area contributed by atoms with Gasteiger partial charge in [-0.05, 0) is 60.4 Å². The number of carbonyl (C=O) groups excluding carboxylic acids is 2. The van der Waals surface area contributed by atoms with Gasteiger partial charge in [0.25, 0.3) is 0 Å². The van der Waals surface area contributed by atoms with E-state index in [1.54, 1.807) is 23.2 Å². The number of anilines is 1. The number of halogens is 2. The number of hydrogen-bond acceptors (Lipinski definition) is 5. The molecular weight excluding hydrogens is 557 g/mol. The fraction of sp³-hybridized carbons (Fsp3) is 0.281. The maximum atomic E-state index is 14.0. The van der Waals surface area contributed by atoms with Gasteiger partial charge >= 0.3 is 6.03 Å². The van der Waals surface area contributed by atoms with E-state index in [0.29, 0.717) is 35.2 Å². The van der Waals surface area contributed by atoms with Gasteiger partial charge < -0.3 is 9.30 Å². The molecule has 4 aromatic rings. The summed E-state index contributed by atoms with van der Waals surface area (Å²) in [6, 6.07) is 18.6. The molecule has 6 rings (SSSR count). The Morgan fingerprint density at radius 2 is 1.86 bits per heavy atom. The molecule has 0 bridgehead atoms. The largest absolute Gasteiger partial charge is 0.489 e. The normalized spacial score (nSPS) is 15.5. The highest BCUT2D eigenvalue weighted by molar-refractivity contribution is 6.31. The van der Waals surface area contributed by atoms with Gasteiger partial charge in [-0.3, -0.25) is 19.9 Å². The van der Waals surface area contributed by atoms with Crippen LogP contribution in [0, 0.1) is 5.82 Å². The minimum Gasteiger partial charge on any atom is -0.489 e. The molecule has 1 N–H and O–H groups in total. The highest BCUT2D eigenvalue weighted by Crippen LogP contribution is 2.30. The zero-order valence-electron chi connectivity index (χ0n) is 23.3. The van der Waals surface area contributed by atoms with Crippen molar-refractivity contribution >= 4 is 29.4 Å². The number of urea groups is 1. The van der Waals surface area contributed by atoms with Crippen LogP contribution in [0.5, 0.6) is 5.75 Å². The molecule has 42 heavy (non-hydrogen) atoms. The third-order valence-corrected chi connectivity index (χ3v) is 8.17. The molecule has 10 heteroatoms. The third-order valence-electron chi connectivity index (χ3n) is 7.81. The van der Waals surface area contributed by atoms with Gasteiger partial charge in [-0.15, -0.1) is 0 Å². The molecule has 3 heterocycles. The molecule has 1 fully saturated rings. The first kappa shape index (κ1) is 27.9. The molecule has 3 aromatic carbocycles. The van der Waals surface area contributed by atoms with Crippen molar-refractivity contribution in [3.8, 4) is 17.1 Å². The van der Waals surface area contributed by atoms with Gasteiger partial charge in [0.15, 0.2) is 0 Å². The van der Waals surface area contributed by atoms with Crippen LogP contribution in [0.1, 0.15) is 35.6 Å². The summed E-state index contributed by atoms with van der Waals surface area (Å²) >= 11 is 6.10. The van der Waals surface area contributed by atoms with Crippen LogP contribution in [0.15, 0.2) is 66.9 Å². The average molecular weight is 588 g/mol. The molecular formula is C32H31ClFN5O3. The van der Waals surface area contributed by atoms with E-state index >= 15 is 0 Å². The lowest BCUT2D eigenvalue weighted by molar-refractivity contribution is -0.120. The summed E-state index contributed by atoms with van der Waals surface area (Å²) in [4.78, 5) is 32.7. The van der Waals surface area contributed by atoms with Gasteiger partial charge in [0.05, 0.1) is 11.2 Å². The number of imidazole rings is 1. The second kappa shape index (κ2) is 12.0. The maximum Gasteiger partial charge on any atom is 0.329 e. The van der Waals surface area contributed by atoms with Crippen LogP contribution in [0.3, 0.4) is 0 Å². The first-order valence-electron chi connectivity index (χ1n) is 14.1. The Labute approximate surface area is 248 Å². The predicted molar refractivity (Wildman–Crippen MR) is 159 cm³/mol. The van der Waals surface area contributed by atoms with E-state index in [2.05, 4.69) is 33.4 Å². The Morgan fingerprint density at radius 1 is 1.02 bits per heavy atom. The lowest BCUT2D eigenvalue weighted by atomic mass is 9.96. The minimum atomic E-state index is -0.410. The fourth-order valence-corrected chi connectivity index (χ4v) is 5.79. The lowest BCUT2D eigenvalue weighted by Gasteiger charge is -2.29. The van der Waals surface area contributed by atoms with Crippen LogP contribution in [0.25, 0.3) is 11.4 Å². The summed E-state index contributed by atoms with van der Waals surface area (Å²) in [5, 5.41) is 2.74. The van der Waals surface area contributed by atoms with E-state index < -0.39 is 6.03 Å². The second-order valence-corrected chi connectivity index (χ2v) is 10.9. The van der Waals surface area contributed by atoms with E-state index in [-0.39, 0.29) is 24.8 Å². The number of benzene rings is 3. The van der Waals surface area contributed by atoms with Gasteiger partial charge in [0.2, 0.25) is 5.91 Å². The van der Waals surface area contributed by atoms with Crippen molar-refractivity contribution in [2.24, 2.45) is 0 Å². The van der Waals surface area contributed by atoms with Gasteiger partial charge in [-0.2, -0.15) is 0 Å². The molecule has 1 saturated heterocycles. The summed E-state index contributed by atoms with van der Waals surface area (Å²) in [6.45, 7) is 5.66. The topological polar surface area (TPSA) is 79.7 Å². The second-order valence-electron chi connectivity index (χ2n) is 10.5. The number of ether oxygens (including phenoxy) is 1. The van der Waals surface area contributed by atoms with E-state index in [4.69, 9.17) is 16.3 Å². The number of nitrogens with zero attached hydrogens (tertiary/aromatic N) is 4. The monoisotopic (exact) mass is 587 g/mol. The fourth-order valence-electron chi connectivity index (χ4n) is 5.57. The molecule has 216 valence electrons. The maximum absolute atomic E-state index is 14.0. The van der Waals surface area contributed by atoms with Crippen LogP contribution >= 0.6 is 11.6 Å². The number of rotatable bonds is 8. The van der Waals surface area contributed by atoms with E-state index in [1.807, 2.05) is 35.8 Å². The number of nitrogens with one attached hydrogen (secondary N) is 1. The van der Waals surface area contributed by atoms with Crippen molar-refractivity contribution in [1.82, 2.24) is 19.8 Å². The summed E-state index contributed by atoms with van der Waals surface area (Å²) in [6.07, 6.45) is 2.90. The average Bonchev–Trinajstić information content (AvgIpc) is 3.41. The summed E-state index contributed by atoms with van der Waals surface area (Å²) in [5.74, 6) is 1.53. The summed E-state index contributed by atoms with van der Waals surface area (Å²) in [7, 11) is 0. The van der Waals surface area contributed by atoms with Crippen LogP contribution in [-0.2, 0) is 37.5 Å². The zero-order valence-corrected chi connectivity index (χ0v) is 24.0. The summed E-state index contributed by atoms with van der Waals surface area (Å²) < 4.78 is 21.8. The molecule has 0 atom stereocenters. The smallest absolute Gasteiger partial charge is 0.329 e. The van der Waals surface area contributed by atoms with Gasteiger partial charge in [-0.25, -0.2) is 14.2 Å². The molecule has 0 saturated carbocycles. The molecule has 1 aromatic heterocycles. The molecule has 0 aliphatic carbocycles. The Balaban J connectivity index is 1.10. The number of fused-ring (bicyclic) bond motifs is 1. The van der Waals surface area contributed by atoms with Crippen molar-refractivity contribution in [3.63, 3.8) is 0 Å². The van der Waals surface area contributed by atoms with E-state index in [9.17, 15) is 14.0 Å². The molecule has 3 amide bonds. The van der Waals surface area contributed by atoms with E-state index in [1.165, 1.54) is 22.8 Å². The molecule has 2 aliphatic heterocycles. The van der Waals surface area contributed by atoms with Crippen molar-refractivity contribution in [2.45, 2.75) is 46.0 Å². The van der Waals surface area contributed by atoms with E-state index in [0.717, 1.165) is 37.4 Å². The van der Waals surface area contributed by atoms with Crippen LogP contribution in [0.4, 0.5) is 15.0 Å². The number of imide groups is 1. The Bertz CT molecular complexity index is 1620. The zero-order chi connectivity index (χ0) is 29.2. The van der Waals surface area contributed by atoms with Crippen molar-refractivity contribution in [2.75, 3.05) is 18.0 Å². The van der Waals surface area contributed by atoms with Crippen LogP contribution < -0.4 is 15.0 Å². The quantitative estimate of drug-likeness (QED) is 0.276. The summed E-state index contributed by atoms with van der Waals surface area (Å²) in [5.41, 5.74) is 5.12. The first-order chi connectivity index (χ1) is 20.4. The molecule has 2 aliphatic rings. The first-order valence-corrected chi connectivity index (χ1v) is 14.4. The standard InChI is InChI=1S/C32H31ClFN5O3/c1-2-38-30(39-15-13-29(40)36-32(39)41)17-35-31(38)23-8-9-24-19-37(14-12-22(24)16-23)18-21-6-10-25(11-7-21)42-20-26-27(33)4-3-5-28(26)34/h3-11,16-17H,2,12-15,18-20H2,1H3,(H,36,40,41). The third kappa shape index (κ3) is 5.75. The van der Waals surface area contributed by atoms with Crippen molar-refractivity contribution in [1.29, 1.82) is 0 Å². The molecule has 0 unspecified atom stereocenters. The number of aromatic nitrogens is 2. The van der Waals surface area contributed by atoms with Gasteiger partial charge in [0, 0.05) is 50.3 Å².